The van der Waals surface area contributed by atoms with Crippen LogP contribution in [-0.2, 0) is 23.6 Å². The predicted molar refractivity (Wildman–Crippen MR) is 78.9 cm³/mol. The van der Waals surface area contributed by atoms with Crippen molar-refractivity contribution in [2.45, 2.75) is 17.6 Å². The second kappa shape index (κ2) is 5.53. The molecule has 0 radical (unpaired) electrons. The third-order valence-electron chi connectivity index (χ3n) is 2.77. The SMILES string of the molecule is Cc1nn(C)c(Cl)c1CS(=O)c1c(N)cccc1Cl. The number of aryl methyl sites for hydroxylation is 2. The molecule has 7 heteroatoms. The molecule has 1 atom stereocenters. The van der Waals surface area contributed by atoms with Gasteiger partial charge in [0.1, 0.15) is 5.15 Å². The molecule has 0 bridgehead atoms. The van der Waals surface area contributed by atoms with E-state index in [4.69, 9.17) is 28.9 Å². The van der Waals surface area contributed by atoms with E-state index in [0.29, 0.717) is 20.8 Å². The molecule has 1 heterocycles. The van der Waals surface area contributed by atoms with E-state index in [2.05, 4.69) is 5.10 Å². The van der Waals surface area contributed by atoms with Crippen LogP contribution in [0.2, 0.25) is 10.2 Å². The molecule has 19 heavy (non-hydrogen) atoms. The first-order valence-electron chi connectivity index (χ1n) is 5.52. The number of nitrogen functional groups attached to an aromatic ring is 1. The monoisotopic (exact) mass is 317 g/mol. The summed E-state index contributed by atoms with van der Waals surface area (Å²) in [6.07, 6.45) is 0. The Bertz CT molecular complexity index is 634. The fourth-order valence-corrected chi connectivity index (χ4v) is 3.94. The summed E-state index contributed by atoms with van der Waals surface area (Å²) in [4.78, 5) is 0.448. The quantitative estimate of drug-likeness (QED) is 0.885. The van der Waals surface area contributed by atoms with Crippen molar-refractivity contribution in [3.05, 3.63) is 39.6 Å². The average Bonchev–Trinajstić information content (AvgIpc) is 2.56. The van der Waals surface area contributed by atoms with Crippen molar-refractivity contribution >= 4 is 39.7 Å². The molecule has 0 aliphatic heterocycles. The van der Waals surface area contributed by atoms with Gasteiger partial charge < -0.3 is 5.73 Å². The van der Waals surface area contributed by atoms with Gasteiger partial charge in [0, 0.05) is 18.3 Å². The molecule has 4 nitrogen and oxygen atoms in total. The van der Waals surface area contributed by atoms with Gasteiger partial charge in [-0.25, -0.2) is 0 Å². The first-order valence-corrected chi connectivity index (χ1v) is 7.59. The number of nitrogens with zero attached hydrogens (tertiary/aromatic N) is 2. The molecule has 0 fully saturated rings. The molecular formula is C12H13Cl2N3OS. The van der Waals surface area contributed by atoms with E-state index in [1.54, 1.807) is 29.9 Å². The van der Waals surface area contributed by atoms with Crippen molar-refractivity contribution in [3.8, 4) is 0 Å². The number of benzene rings is 1. The molecule has 1 aromatic carbocycles. The molecule has 2 rings (SSSR count). The van der Waals surface area contributed by atoms with E-state index in [9.17, 15) is 4.21 Å². The average molecular weight is 318 g/mol. The van der Waals surface area contributed by atoms with Crippen LogP contribution in [0.4, 0.5) is 5.69 Å². The number of halogens is 2. The first kappa shape index (κ1) is 14.4. The topological polar surface area (TPSA) is 60.9 Å². The van der Waals surface area contributed by atoms with Crippen LogP contribution < -0.4 is 5.73 Å². The summed E-state index contributed by atoms with van der Waals surface area (Å²) >= 11 is 12.2. The lowest BCUT2D eigenvalue weighted by molar-refractivity contribution is 0.683. The van der Waals surface area contributed by atoms with E-state index in [0.717, 1.165) is 11.3 Å². The molecule has 0 spiro atoms. The Labute approximate surface area is 124 Å². The van der Waals surface area contributed by atoms with E-state index < -0.39 is 10.8 Å². The number of aromatic nitrogens is 2. The number of hydrogen-bond acceptors (Lipinski definition) is 3. The summed E-state index contributed by atoms with van der Waals surface area (Å²) in [6.45, 7) is 1.83. The minimum Gasteiger partial charge on any atom is -0.398 e. The van der Waals surface area contributed by atoms with Crippen LogP contribution in [0.5, 0.6) is 0 Å². The number of anilines is 1. The summed E-state index contributed by atoms with van der Waals surface area (Å²) in [6, 6.07) is 5.07. The Kier molecular flexibility index (Phi) is 4.18. The minimum absolute atomic E-state index is 0.242. The Morgan fingerprint density at radius 3 is 2.63 bits per heavy atom. The van der Waals surface area contributed by atoms with Crippen molar-refractivity contribution in [2.75, 3.05) is 5.73 Å². The molecule has 0 aliphatic rings. The van der Waals surface area contributed by atoms with Crippen molar-refractivity contribution in [1.29, 1.82) is 0 Å². The zero-order chi connectivity index (χ0) is 14.2. The van der Waals surface area contributed by atoms with Gasteiger partial charge in [-0.1, -0.05) is 29.3 Å². The summed E-state index contributed by atoms with van der Waals surface area (Å²) in [7, 11) is 0.382. The second-order valence-corrected chi connectivity index (χ2v) is 6.28. The lowest BCUT2D eigenvalue weighted by atomic mass is 10.3. The van der Waals surface area contributed by atoms with Gasteiger partial charge in [0.15, 0.2) is 0 Å². The van der Waals surface area contributed by atoms with Crippen molar-refractivity contribution in [2.24, 2.45) is 7.05 Å². The summed E-state index contributed by atoms with van der Waals surface area (Å²) in [5.41, 5.74) is 7.75. The van der Waals surface area contributed by atoms with E-state index in [-0.39, 0.29) is 5.75 Å². The van der Waals surface area contributed by atoms with Gasteiger partial charge in [0.05, 0.1) is 32.2 Å². The van der Waals surface area contributed by atoms with Crippen LogP contribution in [0.25, 0.3) is 0 Å². The lowest BCUT2D eigenvalue weighted by Gasteiger charge is -2.07. The molecule has 2 N–H and O–H groups in total. The zero-order valence-corrected chi connectivity index (χ0v) is 12.8. The van der Waals surface area contributed by atoms with Crippen molar-refractivity contribution in [1.82, 2.24) is 9.78 Å². The highest BCUT2D eigenvalue weighted by Gasteiger charge is 2.18. The van der Waals surface area contributed by atoms with Gasteiger partial charge in [-0.2, -0.15) is 5.10 Å². The Morgan fingerprint density at radius 1 is 1.42 bits per heavy atom. The van der Waals surface area contributed by atoms with Crippen LogP contribution >= 0.6 is 23.2 Å². The molecule has 1 unspecified atom stereocenters. The largest absolute Gasteiger partial charge is 0.398 e. The van der Waals surface area contributed by atoms with Crippen LogP contribution in [0, 0.1) is 6.92 Å². The third-order valence-corrected chi connectivity index (χ3v) is 5.13. The maximum Gasteiger partial charge on any atom is 0.131 e. The number of rotatable bonds is 3. The normalized spacial score (nSPS) is 12.6. The van der Waals surface area contributed by atoms with Crippen LogP contribution in [0.3, 0.4) is 0 Å². The lowest BCUT2D eigenvalue weighted by Crippen LogP contribution is -2.02. The fourth-order valence-electron chi connectivity index (χ4n) is 1.81. The summed E-state index contributed by atoms with van der Waals surface area (Å²) in [5.74, 6) is 0.242. The van der Waals surface area contributed by atoms with Gasteiger partial charge >= 0.3 is 0 Å². The molecule has 0 saturated carbocycles. The third kappa shape index (κ3) is 2.78. The van der Waals surface area contributed by atoms with E-state index >= 15 is 0 Å². The van der Waals surface area contributed by atoms with Crippen molar-refractivity contribution < 1.29 is 4.21 Å². The van der Waals surface area contributed by atoms with Gasteiger partial charge in [-0.3, -0.25) is 8.89 Å². The van der Waals surface area contributed by atoms with E-state index in [1.807, 2.05) is 6.92 Å². The summed E-state index contributed by atoms with van der Waals surface area (Å²) < 4.78 is 14.0. The van der Waals surface area contributed by atoms with Gasteiger partial charge in [-0.05, 0) is 19.1 Å². The molecule has 0 aliphatic carbocycles. The maximum absolute atomic E-state index is 12.4. The standard InChI is InChI=1S/C12H13Cl2N3OS/c1-7-8(12(14)17(2)16-7)6-19(18)11-9(13)4-3-5-10(11)15/h3-5H,6,15H2,1-2H3. The smallest absolute Gasteiger partial charge is 0.131 e. The molecule has 0 saturated heterocycles. The summed E-state index contributed by atoms with van der Waals surface area (Å²) in [5, 5.41) is 5.07. The van der Waals surface area contributed by atoms with E-state index in [1.165, 1.54) is 0 Å². The van der Waals surface area contributed by atoms with Gasteiger partial charge in [0.25, 0.3) is 0 Å². The Balaban J connectivity index is 2.36. The van der Waals surface area contributed by atoms with Crippen molar-refractivity contribution in [3.63, 3.8) is 0 Å². The van der Waals surface area contributed by atoms with Crippen LogP contribution in [0.15, 0.2) is 23.1 Å². The Morgan fingerprint density at radius 2 is 2.11 bits per heavy atom. The minimum atomic E-state index is -1.36. The van der Waals surface area contributed by atoms with Gasteiger partial charge in [-0.15, -0.1) is 0 Å². The highest BCUT2D eigenvalue weighted by atomic mass is 35.5. The van der Waals surface area contributed by atoms with Crippen LogP contribution in [0.1, 0.15) is 11.3 Å². The Hall–Kier alpha value is -1.04. The second-order valence-electron chi connectivity index (χ2n) is 4.13. The molecule has 0 amide bonds. The first-order chi connectivity index (χ1) is 8.91. The predicted octanol–water partition coefficient (Wildman–Crippen LogP) is 2.93. The highest BCUT2D eigenvalue weighted by Crippen LogP contribution is 2.29. The molecular weight excluding hydrogens is 305 g/mol. The van der Waals surface area contributed by atoms with Crippen LogP contribution in [-0.4, -0.2) is 14.0 Å². The zero-order valence-electron chi connectivity index (χ0n) is 10.5. The molecule has 1 aromatic heterocycles. The maximum atomic E-state index is 12.4. The number of nitrogens with two attached hydrogens (primary N) is 1. The fraction of sp³-hybridized carbons (Fsp3) is 0.250. The highest BCUT2D eigenvalue weighted by molar-refractivity contribution is 7.84. The number of hydrogen-bond donors (Lipinski definition) is 1. The molecule has 102 valence electrons. The molecule has 2 aromatic rings. The van der Waals surface area contributed by atoms with Gasteiger partial charge in [0.2, 0.25) is 0 Å².